The molecule has 0 fully saturated rings. The van der Waals surface area contributed by atoms with Crippen molar-refractivity contribution < 1.29 is 4.42 Å². The van der Waals surface area contributed by atoms with Gasteiger partial charge in [0.2, 0.25) is 0 Å². The highest BCUT2D eigenvalue weighted by Crippen LogP contribution is 2.62. The molecule has 9 aromatic rings. The molecule has 0 unspecified atom stereocenters. The fraction of sp³-hybridized carbons (Fsp3) is 0.135. The summed E-state index contributed by atoms with van der Waals surface area (Å²) in [5.74, 6) is 1.95. The number of hydrogen-bond acceptors (Lipinski definition) is 4. The molecule has 2 aliphatic rings. The number of nitrogens with zero attached hydrogens (tertiary/aromatic N) is 3. The summed E-state index contributed by atoms with van der Waals surface area (Å²) in [5, 5.41) is 3.57. The van der Waals surface area contributed by atoms with Gasteiger partial charge in [0.1, 0.15) is 11.2 Å². The minimum atomic E-state index is -1.55. The Bertz CT molecular complexity index is 2990. The molecule has 0 atom stereocenters. The topological polar surface area (TPSA) is 51.8 Å². The van der Waals surface area contributed by atoms with E-state index < -0.39 is 13.5 Å². The van der Waals surface area contributed by atoms with E-state index in [0.29, 0.717) is 17.5 Å². The maximum atomic E-state index is 6.33. The molecule has 0 bridgehead atoms. The van der Waals surface area contributed by atoms with Gasteiger partial charge in [0, 0.05) is 27.5 Å². The van der Waals surface area contributed by atoms with E-state index in [2.05, 4.69) is 154 Å². The van der Waals surface area contributed by atoms with Crippen molar-refractivity contribution in [1.82, 2.24) is 15.0 Å². The monoisotopic (exact) mass is 751 g/mol. The second-order valence-corrected chi connectivity index (χ2v) is 20.9. The Hall–Kier alpha value is -6.43. The van der Waals surface area contributed by atoms with Crippen LogP contribution in [0.4, 0.5) is 0 Å². The van der Waals surface area contributed by atoms with Crippen LogP contribution in [0.15, 0.2) is 162 Å². The first-order valence-corrected chi connectivity index (χ1v) is 22.9. The molecule has 57 heavy (non-hydrogen) atoms. The third kappa shape index (κ3) is 4.76. The number of para-hydroxylation sites is 1. The molecule has 2 heterocycles. The molecule has 7 aromatic carbocycles. The van der Waals surface area contributed by atoms with E-state index in [1.165, 1.54) is 67.8 Å². The highest BCUT2D eigenvalue weighted by molar-refractivity contribution is 6.91. The fourth-order valence-electron chi connectivity index (χ4n) is 10.3. The van der Waals surface area contributed by atoms with Gasteiger partial charge in [-0.3, -0.25) is 0 Å². The van der Waals surface area contributed by atoms with Crippen LogP contribution in [0.2, 0.25) is 18.1 Å². The van der Waals surface area contributed by atoms with Crippen LogP contribution < -0.4 is 5.19 Å². The molecule has 1 spiro atoms. The Labute approximate surface area is 334 Å². The highest BCUT2D eigenvalue weighted by Gasteiger charge is 2.51. The van der Waals surface area contributed by atoms with Crippen molar-refractivity contribution in [2.45, 2.75) is 44.3 Å². The Morgan fingerprint density at radius 1 is 0.439 bits per heavy atom. The van der Waals surface area contributed by atoms with E-state index in [1.54, 1.807) is 0 Å². The second-order valence-electron chi connectivity index (χ2n) is 15.6. The van der Waals surface area contributed by atoms with Crippen LogP contribution in [0.1, 0.15) is 43.0 Å². The Balaban J connectivity index is 1.13. The molecule has 2 aromatic heterocycles. The van der Waals surface area contributed by atoms with E-state index in [9.17, 15) is 0 Å². The van der Waals surface area contributed by atoms with Gasteiger partial charge in [-0.25, -0.2) is 15.0 Å². The van der Waals surface area contributed by atoms with Crippen LogP contribution in [0.5, 0.6) is 0 Å². The number of aromatic nitrogens is 3. The first kappa shape index (κ1) is 33.9. The minimum absolute atomic E-state index is 0.402. The van der Waals surface area contributed by atoms with E-state index in [1.807, 2.05) is 24.3 Å². The zero-order chi connectivity index (χ0) is 38.3. The number of benzene rings is 7. The van der Waals surface area contributed by atoms with Gasteiger partial charge in [0.15, 0.2) is 17.5 Å². The molecule has 0 aliphatic heterocycles. The summed E-state index contributed by atoms with van der Waals surface area (Å²) in [6.45, 7) is 7.08. The van der Waals surface area contributed by atoms with E-state index in [-0.39, 0.29) is 0 Å². The standard InChI is InChI=1S/C52H41N3OSi/c1-4-57(5-2,6-3)35-29-26-33(27-30-35)49-53-50(55-51(54-49)40-20-15-25-47-48(40)39-19-10-14-24-46(39)56-47)34-28-31-45-41(32-34)38-18-9-13-23-44(38)52(45)42-21-11-7-16-36(42)37-17-8-12-22-43(37)52/h7-32H,4-6H2,1-3H3. The number of fused-ring (bicyclic) bond motifs is 13. The zero-order valence-electron chi connectivity index (χ0n) is 32.4. The Morgan fingerprint density at radius 2 is 0.930 bits per heavy atom. The van der Waals surface area contributed by atoms with E-state index >= 15 is 0 Å². The summed E-state index contributed by atoms with van der Waals surface area (Å²) in [6.07, 6.45) is 0. The lowest BCUT2D eigenvalue weighted by Crippen LogP contribution is -2.45. The predicted molar refractivity (Wildman–Crippen MR) is 237 cm³/mol. The quantitative estimate of drug-likeness (QED) is 0.152. The Morgan fingerprint density at radius 3 is 1.58 bits per heavy atom. The van der Waals surface area contributed by atoms with Crippen LogP contribution in [-0.4, -0.2) is 23.0 Å². The van der Waals surface area contributed by atoms with Gasteiger partial charge in [-0.1, -0.05) is 184 Å². The van der Waals surface area contributed by atoms with Crippen molar-refractivity contribution in [3.63, 3.8) is 0 Å². The molecular formula is C52H41N3OSi. The van der Waals surface area contributed by atoms with Crippen molar-refractivity contribution >= 4 is 35.2 Å². The van der Waals surface area contributed by atoms with E-state index in [4.69, 9.17) is 19.4 Å². The third-order valence-corrected chi connectivity index (χ3v) is 18.9. The number of rotatable bonds is 7. The van der Waals surface area contributed by atoms with Crippen LogP contribution >= 0.6 is 0 Å². The summed E-state index contributed by atoms with van der Waals surface area (Å²) in [7, 11) is -1.55. The smallest absolute Gasteiger partial charge is 0.164 e. The predicted octanol–water partition coefficient (Wildman–Crippen LogP) is 12.8. The molecule has 0 radical (unpaired) electrons. The van der Waals surface area contributed by atoms with Crippen LogP contribution in [0.25, 0.3) is 78.4 Å². The molecule has 274 valence electrons. The fourth-order valence-corrected chi connectivity index (χ4v) is 13.9. The SMILES string of the molecule is CC[Si](CC)(CC)c1ccc(-c2nc(-c3ccc4c(c3)-c3ccccc3C43c4ccccc4-c4ccccc43)nc(-c3cccc4oc5ccccc5c34)n2)cc1. The summed E-state index contributed by atoms with van der Waals surface area (Å²) in [5.41, 5.74) is 14.5. The third-order valence-electron chi connectivity index (χ3n) is 13.3. The zero-order valence-corrected chi connectivity index (χ0v) is 33.4. The summed E-state index contributed by atoms with van der Waals surface area (Å²) in [6, 6.07) is 60.9. The first-order chi connectivity index (χ1) is 28.1. The van der Waals surface area contributed by atoms with Gasteiger partial charge in [0.25, 0.3) is 0 Å². The van der Waals surface area contributed by atoms with E-state index in [0.717, 1.165) is 38.6 Å². The maximum Gasteiger partial charge on any atom is 0.164 e. The lowest BCUT2D eigenvalue weighted by Gasteiger charge is -2.30. The summed E-state index contributed by atoms with van der Waals surface area (Å²) in [4.78, 5) is 15.9. The summed E-state index contributed by atoms with van der Waals surface area (Å²) < 4.78 is 6.33. The van der Waals surface area contributed by atoms with Crippen LogP contribution in [0.3, 0.4) is 0 Å². The lowest BCUT2D eigenvalue weighted by molar-refractivity contribution is 0.669. The van der Waals surface area contributed by atoms with Crippen LogP contribution in [-0.2, 0) is 5.41 Å². The average molecular weight is 752 g/mol. The van der Waals surface area contributed by atoms with Crippen molar-refractivity contribution in [2.75, 3.05) is 0 Å². The van der Waals surface area contributed by atoms with Gasteiger partial charge in [-0.15, -0.1) is 0 Å². The molecule has 0 N–H and O–H groups in total. The molecule has 11 rings (SSSR count). The molecule has 2 aliphatic carbocycles. The number of furan rings is 1. The van der Waals surface area contributed by atoms with Gasteiger partial charge in [-0.05, 0) is 62.7 Å². The second kappa shape index (κ2) is 12.8. The van der Waals surface area contributed by atoms with Gasteiger partial charge in [-0.2, -0.15) is 0 Å². The van der Waals surface area contributed by atoms with Crippen molar-refractivity contribution in [2.24, 2.45) is 0 Å². The molecule has 0 amide bonds. The van der Waals surface area contributed by atoms with Gasteiger partial charge < -0.3 is 4.42 Å². The van der Waals surface area contributed by atoms with Crippen molar-refractivity contribution in [1.29, 1.82) is 0 Å². The highest BCUT2D eigenvalue weighted by atomic mass is 28.3. The first-order valence-electron chi connectivity index (χ1n) is 20.3. The lowest BCUT2D eigenvalue weighted by atomic mass is 9.70. The Kier molecular flexibility index (Phi) is 7.61. The van der Waals surface area contributed by atoms with Gasteiger partial charge in [0.05, 0.1) is 13.5 Å². The maximum absolute atomic E-state index is 6.33. The number of hydrogen-bond donors (Lipinski definition) is 0. The molecule has 0 saturated carbocycles. The van der Waals surface area contributed by atoms with Crippen molar-refractivity contribution in [3.8, 4) is 56.4 Å². The summed E-state index contributed by atoms with van der Waals surface area (Å²) >= 11 is 0. The van der Waals surface area contributed by atoms with Crippen LogP contribution in [0, 0.1) is 0 Å². The molecule has 5 heteroatoms. The molecular weight excluding hydrogens is 711 g/mol. The molecule has 4 nitrogen and oxygen atoms in total. The molecule has 0 saturated heterocycles. The average Bonchev–Trinajstić information content (AvgIpc) is 3.91. The van der Waals surface area contributed by atoms with Gasteiger partial charge >= 0.3 is 0 Å². The minimum Gasteiger partial charge on any atom is -0.456 e. The van der Waals surface area contributed by atoms with Crippen molar-refractivity contribution in [3.05, 3.63) is 180 Å². The largest absolute Gasteiger partial charge is 0.456 e. The normalized spacial score (nSPS) is 13.5.